The van der Waals surface area contributed by atoms with Crippen LogP contribution in [0.1, 0.15) is 29.9 Å². The largest absolute Gasteiger partial charge is 0.441 e. The third-order valence-corrected chi connectivity index (χ3v) is 6.50. The third kappa shape index (κ3) is 5.45. The Morgan fingerprint density at radius 2 is 1.97 bits per heavy atom. The molecule has 1 N–H and O–H groups in total. The molecule has 158 valence electrons. The molecule has 1 saturated carbocycles. The van der Waals surface area contributed by atoms with Gasteiger partial charge in [-0.25, -0.2) is 4.98 Å². The number of rotatable bonds is 6. The number of carbonyl (C=O) groups is 1. The summed E-state index contributed by atoms with van der Waals surface area (Å²) in [5.74, 6) is 0.598. The van der Waals surface area contributed by atoms with Crippen LogP contribution in [0.5, 0.6) is 0 Å². The van der Waals surface area contributed by atoms with Gasteiger partial charge in [0, 0.05) is 32.2 Å². The van der Waals surface area contributed by atoms with E-state index in [-0.39, 0.29) is 34.8 Å². The van der Waals surface area contributed by atoms with Crippen LogP contribution in [0.2, 0.25) is 10.0 Å². The van der Waals surface area contributed by atoms with Gasteiger partial charge in [-0.3, -0.25) is 9.69 Å². The van der Waals surface area contributed by atoms with E-state index < -0.39 is 0 Å². The molecule has 29 heavy (non-hydrogen) atoms. The Morgan fingerprint density at radius 3 is 2.66 bits per heavy atom. The summed E-state index contributed by atoms with van der Waals surface area (Å²) >= 11 is 12.5. The van der Waals surface area contributed by atoms with Gasteiger partial charge in [0.1, 0.15) is 6.26 Å². The minimum absolute atomic E-state index is 0. The van der Waals surface area contributed by atoms with Gasteiger partial charge < -0.3 is 14.6 Å². The summed E-state index contributed by atoms with van der Waals surface area (Å²) in [7, 11) is 0. The fraction of sp³-hybridized carbons (Fsp3) is 0.500. The van der Waals surface area contributed by atoms with Gasteiger partial charge in [-0.15, -0.1) is 17.0 Å². The minimum atomic E-state index is -0.218. The van der Waals surface area contributed by atoms with Gasteiger partial charge in [0.15, 0.2) is 0 Å². The van der Waals surface area contributed by atoms with Crippen LogP contribution >= 0.6 is 40.2 Å². The lowest BCUT2D eigenvalue weighted by Gasteiger charge is -2.39. The summed E-state index contributed by atoms with van der Waals surface area (Å²) < 4.78 is 5.02. The van der Waals surface area contributed by atoms with Crippen molar-refractivity contribution in [2.75, 3.05) is 37.6 Å². The Bertz CT molecular complexity index is 807. The highest BCUT2D eigenvalue weighted by atomic mass is 79.9. The summed E-state index contributed by atoms with van der Waals surface area (Å²) in [6.45, 7) is 5.07. The number of amides is 1. The van der Waals surface area contributed by atoms with E-state index >= 15 is 0 Å². The van der Waals surface area contributed by atoms with Crippen molar-refractivity contribution >= 4 is 51.8 Å². The van der Waals surface area contributed by atoms with Gasteiger partial charge in [-0.2, -0.15) is 0 Å². The molecule has 2 fully saturated rings. The highest BCUT2D eigenvalue weighted by Gasteiger charge is 2.31. The molecular formula is C20H25BrCl2N4O2. The molecule has 0 radical (unpaired) electrons. The fourth-order valence-electron chi connectivity index (χ4n) is 3.99. The Hall–Kier alpha value is -1.28. The molecule has 2 aromatic rings. The zero-order chi connectivity index (χ0) is 19.5. The van der Waals surface area contributed by atoms with Crippen molar-refractivity contribution < 1.29 is 9.21 Å². The van der Waals surface area contributed by atoms with Crippen molar-refractivity contribution in [2.24, 2.45) is 5.92 Å². The number of hydrogen-bond acceptors (Lipinski definition) is 5. The average molecular weight is 504 g/mol. The molecule has 1 aromatic carbocycles. The van der Waals surface area contributed by atoms with Gasteiger partial charge in [-0.1, -0.05) is 29.3 Å². The van der Waals surface area contributed by atoms with E-state index in [1.54, 1.807) is 0 Å². The van der Waals surface area contributed by atoms with Crippen molar-refractivity contribution in [3.8, 4) is 0 Å². The molecule has 6 nitrogen and oxygen atoms in total. The van der Waals surface area contributed by atoms with E-state index in [9.17, 15) is 4.79 Å². The fourth-order valence-corrected chi connectivity index (χ4v) is 4.40. The van der Waals surface area contributed by atoms with Crippen LogP contribution in [0.4, 0.5) is 5.69 Å². The summed E-state index contributed by atoms with van der Waals surface area (Å²) in [4.78, 5) is 20.6. The van der Waals surface area contributed by atoms with E-state index in [0.717, 1.165) is 51.3 Å². The lowest BCUT2D eigenvalue weighted by molar-refractivity contribution is 0.0842. The molecule has 1 saturated heterocycles. The predicted octanol–water partition coefficient (Wildman–Crippen LogP) is 4.28. The number of nitrogens with zero attached hydrogens (tertiary/aromatic N) is 3. The molecule has 1 amide bonds. The zero-order valence-corrected chi connectivity index (χ0v) is 19.2. The van der Waals surface area contributed by atoms with Crippen LogP contribution in [0.25, 0.3) is 0 Å². The minimum Gasteiger partial charge on any atom is -0.441 e. The lowest BCUT2D eigenvalue weighted by atomic mass is 9.78. The first-order chi connectivity index (χ1) is 13.6. The molecule has 0 atom stereocenters. The number of carbonyl (C=O) groups excluding carboxylic acids is 1. The first-order valence-electron chi connectivity index (χ1n) is 9.72. The van der Waals surface area contributed by atoms with Gasteiger partial charge in [0.05, 0.1) is 21.9 Å². The van der Waals surface area contributed by atoms with Gasteiger partial charge in [0.25, 0.3) is 5.89 Å². The molecule has 0 unspecified atom stereocenters. The van der Waals surface area contributed by atoms with E-state index in [4.69, 9.17) is 27.6 Å². The van der Waals surface area contributed by atoms with Crippen LogP contribution in [-0.4, -0.2) is 54.6 Å². The number of aromatic nitrogens is 1. The average Bonchev–Trinajstić information content (AvgIpc) is 3.21. The Labute approximate surface area is 191 Å². The monoisotopic (exact) mass is 502 g/mol. The first kappa shape index (κ1) is 22.4. The van der Waals surface area contributed by atoms with Crippen molar-refractivity contribution in [3.63, 3.8) is 0 Å². The number of halogens is 3. The quantitative estimate of drug-likeness (QED) is 0.637. The van der Waals surface area contributed by atoms with E-state index in [2.05, 4.69) is 20.1 Å². The number of benzene rings is 1. The topological polar surface area (TPSA) is 61.6 Å². The predicted molar refractivity (Wildman–Crippen MR) is 121 cm³/mol. The molecule has 9 heteroatoms. The Morgan fingerprint density at radius 1 is 1.21 bits per heavy atom. The van der Waals surface area contributed by atoms with E-state index in [1.807, 2.05) is 18.2 Å². The number of hydrogen-bond donors (Lipinski definition) is 1. The van der Waals surface area contributed by atoms with Crippen molar-refractivity contribution in [2.45, 2.75) is 25.3 Å². The number of nitrogens with one attached hydrogen (secondary N) is 1. The van der Waals surface area contributed by atoms with Crippen LogP contribution < -0.4 is 10.2 Å². The molecule has 4 rings (SSSR count). The maximum atomic E-state index is 11.9. The summed E-state index contributed by atoms with van der Waals surface area (Å²) in [6, 6.07) is 6.05. The third-order valence-electron chi connectivity index (χ3n) is 5.70. The molecule has 1 aromatic heterocycles. The standard InChI is InChI=1S/C20H24Cl2N4O2.BrH/c21-16-2-1-3-17(18(16)22)26-9-7-25(8-10-26)6-4-14-12-15(13-14)24-19(27)20-23-5-11-28-20;/h1-3,5,11,14-15H,4,6-10,12-13H2,(H,24,27);1H. The summed E-state index contributed by atoms with van der Waals surface area (Å²) in [6.07, 6.45) is 6.13. The highest BCUT2D eigenvalue weighted by Crippen LogP contribution is 2.33. The Kier molecular flexibility index (Phi) is 7.85. The molecule has 2 heterocycles. The zero-order valence-electron chi connectivity index (χ0n) is 16.0. The van der Waals surface area contributed by atoms with Crippen LogP contribution in [0.3, 0.4) is 0 Å². The van der Waals surface area contributed by atoms with Crippen LogP contribution in [0, 0.1) is 5.92 Å². The SMILES string of the molecule is Br.O=C(NC1CC(CCN2CCN(c3cccc(Cl)c3Cl)CC2)C1)c1ncco1. The van der Waals surface area contributed by atoms with Gasteiger partial charge in [-0.05, 0) is 43.9 Å². The number of piperazine rings is 1. The first-order valence-corrected chi connectivity index (χ1v) is 10.5. The number of oxazole rings is 1. The van der Waals surface area contributed by atoms with E-state index in [1.165, 1.54) is 18.9 Å². The van der Waals surface area contributed by atoms with E-state index in [0.29, 0.717) is 16.0 Å². The molecule has 1 aliphatic carbocycles. The lowest BCUT2D eigenvalue weighted by Crippen LogP contribution is -2.48. The molecule has 1 aliphatic heterocycles. The van der Waals surface area contributed by atoms with Crippen molar-refractivity contribution in [3.05, 3.63) is 46.6 Å². The normalized spacial score (nSPS) is 21.9. The van der Waals surface area contributed by atoms with Crippen LogP contribution in [0.15, 0.2) is 35.1 Å². The maximum absolute atomic E-state index is 11.9. The smallest absolute Gasteiger partial charge is 0.307 e. The molecule has 0 bridgehead atoms. The number of anilines is 1. The molecular weight excluding hydrogens is 479 g/mol. The second-order valence-electron chi connectivity index (χ2n) is 7.54. The summed E-state index contributed by atoms with van der Waals surface area (Å²) in [5.41, 5.74) is 1.03. The Balaban J connectivity index is 0.00000240. The van der Waals surface area contributed by atoms with Gasteiger partial charge >= 0.3 is 5.91 Å². The second-order valence-corrected chi connectivity index (χ2v) is 8.32. The summed E-state index contributed by atoms with van der Waals surface area (Å²) in [5, 5.41) is 4.23. The van der Waals surface area contributed by atoms with Crippen molar-refractivity contribution in [1.29, 1.82) is 0 Å². The van der Waals surface area contributed by atoms with Crippen molar-refractivity contribution in [1.82, 2.24) is 15.2 Å². The maximum Gasteiger partial charge on any atom is 0.307 e. The second kappa shape index (κ2) is 10.2. The van der Waals surface area contributed by atoms with Gasteiger partial charge in [0.2, 0.25) is 0 Å². The molecule has 2 aliphatic rings. The highest BCUT2D eigenvalue weighted by molar-refractivity contribution is 8.93. The van der Waals surface area contributed by atoms with Crippen LogP contribution in [-0.2, 0) is 0 Å². The molecule has 0 spiro atoms.